The second-order valence-electron chi connectivity index (χ2n) is 4.43. The first-order chi connectivity index (χ1) is 9.75. The molecule has 0 saturated heterocycles. The molecule has 0 amide bonds. The lowest BCUT2D eigenvalue weighted by molar-refractivity contribution is 0.299. The first-order valence-electron chi connectivity index (χ1n) is 6.32. The van der Waals surface area contributed by atoms with Crippen LogP contribution < -0.4 is 0 Å². The van der Waals surface area contributed by atoms with Gasteiger partial charge in [0.05, 0.1) is 21.5 Å². The highest BCUT2D eigenvalue weighted by molar-refractivity contribution is 7.95. The third-order valence-electron chi connectivity index (χ3n) is 3.09. The summed E-state index contributed by atoms with van der Waals surface area (Å²) in [6.45, 7) is 0.432. The Kier molecular flexibility index (Phi) is 3.65. The van der Waals surface area contributed by atoms with Gasteiger partial charge in [0.1, 0.15) is 18.2 Å². The maximum atomic E-state index is 13.0. The summed E-state index contributed by atoms with van der Waals surface area (Å²) in [5.41, 5.74) is 1.63. The average Bonchev–Trinajstić information content (AvgIpc) is 2.49. The molecule has 0 aliphatic carbocycles. The van der Waals surface area contributed by atoms with E-state index < -0.39 is 10.8 Å². The van der Waals surface area contributed by atoms with E-state index in [-0.39, 0.29) is 5.82 Å². The van der Waals surface area contributed by atoms with E-state index in [0.29, 0.717) is 23.0 Å². The van der Waals surface area contributed by atoms with Crippen molar-refractivity contribution in [3.63, 3.8) is 0 Å². The third kappa shape index (κ3) is 2.51. The Morgan fingerprint density at radius 2 is 1.65 bits per heavy atom. The highest BCUT2D eigenvalue weighted by Gasteiger charge is 2.23. The van der Waals surface area contributed by atoms with E-state index in [4.69, 9.17) is 4.74 Å². The van der Waals surface area contributed by atoms with Gasteiger partial charge in [-0.25, -0.2) is 4.39 Å². The van der Waals surface area contributed by atoms with Gasteiger partial charge in [-0.2, -0.15) is 0 Å². The molecule has 0 bridgehead atoms. The topological polar surface area (TPSA) is 26.3 Å². The van der Waals surface area contributed by atoms with Gasteiger partial charge in [-0.1, -0.05) is 42.5 Å². The number of hydrogen-bond donors (Lipinski definition) is 0. The molecule has 4 heteroatoms. The molecular weight excluding hydrogens is 275 g/mol. The van der Waals surface area contributed by atoms with Crippen LogP contribution in [0.2, 0.25) is 0 Å². The molecule has 1 aliphatic rings. The predicted octanol–water partition coefficient (Wildman–Crippen LogP) is 3.43. The minimum Gasteiger partial charge on any atom is -0.491 e. The van der Waals surface area contributed by atoms with E-state index in [1.807, 2.05) is 30.3 Å². The lowest BCUT2D eigenvalue weighted by atomic mass is 10.1. The van der Waals surface area contributed by atoms with Crippen LogP contribution in [0.4, 0.5) is 4.39 Å². The van der Waals surface area contributed by atoms with Gasteiger partial charge in [0.25, 0.3) is 0 Å². The molecule has 0 spiro atoms. The fraction of sp³-hybridized carbons (Fsp3) is 0.125. The summed E-state index contributed by atoms with van der Waals surface area (Å²) in [6.07, 6.45) is 0. The van der Waals surface area contributed by atoms with Crippen molar-refractivity contribution in [3.8, 4) is 0 Å². The molecular formula is C16H13FO2S. The van der Waals surface area contributed by atoms with Crippen LogP contribution in [0, 0.1) is 5.82 Å². The van der Waals surface area contributed by atoms with E-state index in [0.717, 1.165) is 11.1 Å². The zero-order valence-corrected chi connectivity index (χ0v) is 11.5. The molecule has 102 valence electrons. The Morgan fingerprint density at radius 3 is 2.35 bits per heavy atom. The zero-order chi connectivity index (χ0) is 13.9. The maximum Gasteiger partial charge on any atom is 0.143 e. The molecule has 0 fully saturated rings. The number of benzene rings is 2. The van der Waals surface area contributed by atoms with Gasteiger partial charge >= 0.3 is 0 Å². The Morgan fingerprint density at radius 1 is 0.950 bits per heavy atom. The van der Waals surface area contributed by atoms with Crippen molar-refractivity contribution in [2.45, 2.75) is 0 Å². The number of ether oxygens (including phenoxy) is 1. The summed E-state index contributed by atoms with van der Waals surface area (Å²) in [7, 11) is -1.13. The first kappa shape index (κ1) is 13.1. The number of halogens is 1. The summed E-state index contributed by atoms with van der Waals surface area (Å²) in [4.78, 5) is 0.641. The van der Waals surface area contributed by atoms with Gasteiger partial charge in [0.15, 0.2) is 0 Å². The largest absolute Gasteiger partial charge is 0.491 e. The average molecular weight is 288 g/mol. The van der Waals surface area contributed by atoms with E-state index in [2.05, 4.69) is 0 Å². The maximum absolute atomic E-state index is 13.0. The molecule has 1 unspecified atom stereocenters. The molecule has 0 aromatic heterocycles. The minimum absolute atomic E-state index is 0.307. The second-order valence-corrected chi connectivity index (χ2v) is 5.94. The van der Waals surface area contributed by atoms with Crippen LogP contribution in [0.3, 0.4) is 0 Å². The summed E-state index contributed by atoms with van der Waals surface area (Å²) >= 11 is 0. The van der Waals surface area contributed by atoms with E-state index in [9.17, 15) is 8.60 Å². The van der Waals surface area contributed by atoms with E-state index >= 15 is 0 Å². The monoisotopic (exact) mass is 288 g/mol. The van der Waals surface area contributed by atoms with Crippen LogP contribution in [0.15, 0.2) is 54.6 Å². The van der Waals surface area contributed by atoms with Crippen molar-refractivity contribution in [1.29, 1.82) is 0 Å². The van der Waals surface area contributed by atoms with Crippen molar-refractivity contribution < 1.29 is 13.3 Å². The summed E-state index contributed by atoms with van der Waals surface area (Å²) in [5.74, 6) is 0.781. The van der Waals surface area contributed by atoms with Crippen molar-refractivity contribution in [3.05, 3.63) is 71.5 Å². The smallest absolute Gasteiger partial charge is 0.143 e. The van der Waals surface area contributed by atoms with Crippen LogP contribution >= 0.6 is 0 Å². The van der Waals surface area contributed by atoms with Crippen LogP contribution in [-0.2, 0) is 15.5 Å². The standard InChI is InChI=1S/C16H13FO2S/c17-14-8-6-13(7-9-14)16-15(19-10-11-20(16)18)12-4-2-1-3-5-12/h1-9H,10-11H2. The summed E-state index contributed by atoms with van der Waals surface area (Å²) in [6, 6.07) is 15.6. The van der Waals surface area contributed by atoms with Crippen LogP contribution in [-0.4, -0.2) is 16.6 Å². The quantitative estimate of drug-likeness (QED) is 0.846. The first-order valence-corrected chi connectivity index (χ1v) is 7.64. The molecule has 1 aliphatic heterocycles. The predicted molar refractivity (Wildman–Crippen MR) is 78.6 cm³/mol. The van der Waals surface area contributed by atoms with Crippen LogP contribution in [0.1, 0.15) is 11.1 Å². The molecule has 20 heavy (non-hydrogen) atoms. The summed E-state index contributed by atoms with van der Waals surface area (Å²) in [5, 5.41) is 0. The molecule has 0 saturated carbocycles. The molecule has 0 N–H and O–H groups in total. The fourth-order valence-corrected chi connectivity index (χ4v) is 3.38. The summed E-state index contributed by atoms with van der Waals surface area (Å²) < 4.78 is 31.1. The SMILES string of the molecule is O=S1CCOC(c2ccccc2)=C1c1ccc(F)cc1. The van der Waals surface area contributed by atoms with Crippen LogP contribution in [0.5, 0.6) is 0 Å². The van der Waals surface area contributed by atoms with Crippen molar-refractivity contribution in [2.75, 3.05) is 12.4 Å². The van der Waals surface area contributed by atoms with Gasteiger partial charge in [0, 0.05) is 5.56 Å². The van der Waals surface area contributed by atoms with Gasteiger partial charge in [-0.05, 0) is 17.7 Å². The second kappa shape index (κ2) is 5.59. The zero-order valence-electron chi connectivity index (χ0n) is 10.7. The molecule has 2 aromatic carbocycles. The van der Waals surface area contributed by atoms with Crippen LogP contribution in [0.25, 0.3) is 10.7 Å². The van der Waals surface area contributed by atoms with Crippen molar-refractivity contribution in [1.82, 2.24) is 0 Å². The number of rotatable bonds is 2. The lowest BCUT2D eigenvalue weighted by Crippen LogP contribution is -2.15. The molecule has 2 aromatic rings. The highest BCUT2D eigenvalue weighted by Crippen LogP contribution is 2.33. The number of hydrogen-bond acceptors (Lipinski definition) is 2. The van der Waals surface area contributed by atoms with Gasteiger partial charge in [0.2, 0.25) is 0 Å². The van der Waals surface area contributed by atoms with E-state index in [1.165, 1.54) is 12.1 Å². The van der Waals surface area contributed by atoms with E-state index in [1.54, 1.807) is 12.1 Å². The normalized spacial score (nSPS) is 18.8. The Bertz CT molecular complexity index is 663. The van der Waals surface area contributed by atoms with Gasteiger partial charge in [-0.3, -0.25) is 4.21 Å². The highest BCUT2D eigenvalue weighted by atomic mass is 32.2. The molecule has 1 atom stereocenters. The van der Waals surface area contributed by atoms with Crippen molar-refractivity contribution in [2.24, 2.45) is 0 Å². The van der Waals surface area contributed by atoms with Crippen molar-refractivity contribution >= 4 is 21.5 Å². The Balaban J connectivity index is 2.16. The third-order valence-corrected chi connectivity index (χ3v) is 4.51. The Hall–Kier alpha value is -1.94. The molecule has 1 heterocycles. The van der Waals surface area contributed by atoms with Gasteiger partial charge in [-0.15, -0.1) is 0 Å². The molecule has 2 nitrogen and oxygen atoms in total. The Labute approximate surface area is 119 Å². The fourth-order valence-electron chi connectivity index (χ4n) is 2.16. The van der Waals surface area contributed by atoms with Gasteiger partial charge < -0.3 is 4.74 Å². The minimum atomic E-state index is -1.13. The lowest BCUT2D eigenvalue weighted by Gasteiger charge is -2.21. The molecule has 0 radical (unpaired) electrons. The molecule has 3 rings (SSSR count).